The lowest BCUT2D eigenvalue weighted by atomic mass is 9.85. The Kier molecular flexibility index (Phi) is 4.79. The molecule has 31 heavy (non-hydrogen) atoms. The summed E-state index contributed by atoms with van der Waals surface area (Å²) in [6.07, 6.45) is 1.13. The van der Waals surface area contributed by atoms with Crippen LogP contribution in [0.5, 0.6) is 0 Å². The number of Topliss-reactive ketones (excluding diaryl/α,β-unsaturated/α-hetero) is 2. The molecule has 0 saturated carbocycles. The maximum atomic E-state index is 12.8. The number of fused-ring (bicyclic) bond motifs is 5. The molecule has 1 atom stereocenters. The van der Waals surface area contributed by atoms with Crippen molar-refractivity contribution in [3.05, 3.63) is 82.6 Å². The molecule has 1 amide bonds. The zero-order chi connectivity index (χ0) is 21.5. The van der Waals surface area contributed by atoms with Gasteiger partial charge >= 0.3 is 0 Å². The molecule has 6 nitrogen and oxygen atoms in total. The van der Waals surface area contributed by atoms with Gasteiger partial charge in [-0.05, 0) is 18.4 Å². The van der Waals surface area contributed by atoms with Gasteiger partial charge in [-0.1, -0.05) is 54.6 Å². The van der Waals surface area contributed by atoms with E-state index in [0.29, 0.717) is 54.1 Å². The molecule has 0 saturated heterocycles. The van der Waals surface area contributed by atoms with E-state index in [0.717, 1.165) is 11.1 Å². The van der Waals surface area contributed by atoms with Crippen LogP contribution in [0, 0.1) is 0 Å². The van der Waals surface area contributed by atoms with Crippen LogP contribution >= 0.6 is 0 Å². The molecule has 2 aliphatic rings. The van der Waals surface area contributed by atoms with Crippen LogP contribution in [-0.2, 0) is 24.2 Å². The molecule has 1 N–H and O–H groups in total. The predicted molar refractivity (Wildman–Crippen MR) is 115 cm³/mol. The van der Waals surface area contributed by atoms with Gasteiger partial charge in [-0.2, -0.15) is 0 Å². The fourth-order valence-electron chi connectivity index (χ4n) is 4.63. The number of furan rings is 1. The number of nitrogens with one attached hydrogen (secondary N) is 1. The first-order chi connectivity index (χ1) is 15.1. The molecular formula is C25H22N2O4. The molecule has 156 valence electrons. The summed E-state index contributed by atoms with van der Waals surface area (Å²) in [5.41, 5.74) is 3.33. The van der Waals surface area contributed by atoms with Gasteiger partial charge in [0.15, 0.2) is 0 Å². The van der Waals surface area contributed by atoms with Crippen LogP contribution in [0.3, 0.4) is 0 Å². The van der Waals surface area contributed by atoms with Crippen molar-refractivity contribution in [3.63, 3.8) is 0 Å². The van der Waals surface area contributed by atoms with E-state index in [2.05, 4.69) is 10.2 Å². The number of carbonyl (C=O) groups excluding carboxylic acids is 3. The van der Waals surface area contributed by atoms with Crippen molar-refractivity contribution in [1.82, 2.24) is 10.2 Å². The maximum Gasteiger partial charge on any atom is 0.237 e. The number of ketones is 2. The average Bonchev–Trinajstić information content (AvgIpc) is 3.20. The Morgan fingerprint density at radius 1 is 1.03 bits per heavy atom. The Bertz CT molecular complexity index is 1200. The summed E-state index contributed by atoms with van der Waals surface area (Å²) in [6, 6.07) is 16.6. The molecule has 1 aromatic heterocycles. The molecule has 0 radical (unpaired) electrons. The molecular weight excluding hydrogens is 392 g/mol. The molecule has 1 aliphatic carbocycles. The minimum atomic E-state index is -0.501. The zero-order valence-corrected chi connectivity index (χ0v) is 17.2. The quantitative estimate of drug-likeness (QED) is 0.664. The van der Waals surface area contributed by atoms with Gasteiger partial charge < -0.3 is 9.73 Å². The number of benzene rings is 2. The van der Waals surface area contributed by atoms with Crippen LogP contribution in [0.4, 0.5) is 0 Å². The van der Waals surface area contributed by atoms with Crippen molar-refractivity contribution >= 4 is 17.5 Å². The maximum absolute atomic E-state index is 12.8. The van der Waals surface area contributed by atoms with Gasteiger partial charge in [0, 0.05) is 30.3 Å². The first kappa shape index (κ1) is 19.5. The average molecular weight is 414 g/mol. The largest absolute Gasteiger partial charge is 0.459 e. The van der Waals surface area contributed by atoms with E-state index in [-0.39, 0.29) is 11.9 Å². The van der Waals surface area contributed by atoms with Gasteiger partial charge in [0.25, 0.3) is 0 Å². The molecule has 0 fully saturated rings. The number of amides is 1. The van der Waals surface area contributed by atoms with Crippen LogP contribution < -0.4 is 5.32 Å². The van der Waals surface area contributed by atoms with E-state index in [1.165, 1.54) is 0 Å². The number of carbonyl (C=O) groups is 3. The second kappa shape index (κ2) is 7.63. The zero-order valence-electron chi connectivity index (χ0n) is 17.2. The molecule has 2 aromatic carbocycles. The first-order valence-electron chi connectivity index (χ1n) is 10.4. The Labute approximate surface area is 179 Å². The second-order valence-electron chi connectivity index (χ2n) is 7.95. The van der Waals surface area contributed by atoms with Gasteiger partial charge in [0.1, 0.15) is 11.5 Å². The fraction of sp³-hybridized carbons (Fsp3) is 0.240. The van der Waals surface area contributed by atoms with Gasteiger partial charge in [0.05, 0.1) is 18.2 Å². The summed E-state index contributed by atoms with van der Waals surface area (Å²) in [7, 11) is 1.64. The standard InChI is InChI=1S/C25H22N2O4/c1-26-25(30)19(13-15-7-3-2-4-8-15)27-12-11-18-20(14-27)31-24-17-10-6-5-9-16(17)22(28)23(29)21(18)24/h2-10,19H,11-14H2,1H3,(H,26,30)/t19-/m0/s1. The van der Waals surface area contributed by atoms with Crippen molar-refractivity contribution in [3.8, 4) is 11.3 Å². The van der Waals surface area contributed by atoms with E-state index in [4.69, 9.17) is 4.42 Å². The van der Waals surface area contributed by atoms with Crippen molar-refractivity contribution in [1.29, 1.82) is 0 Å². The Balaban J connectivity index is 1.50. The molecule has 0 bridgehead atoms. The number of rotatable bonds is 4. The van der Waals surface area contributed by atoms with Crippen LogP contribution in [0.1, 0.15) is 37.6 Å². The number of nitrogens with zero attached hydrogens (tertiary/aromatic N) is 1. The van der Waals surface area contributed by atoms with Gasteiger partial charge in [-0.25, -0.2) is 0 Å². The summed E-state index contributed by atoms with van der Waals surface area (Å²) in [5.74, 6) is 0.101. The first-order valence-corrected chi connectivity index (χ1v) is 10.4. The molecule has 2 heterocycles. The number of likely N-dealkylation sites (N-methyl/N-ethyl adjacent to an activating group) is 1. The van der Waals surface area contributed by atoms with Crippen molar-refractivity contribution in [2.24, 2.45) is 0 Å². The number of hydrogen-bond acceptors (Lipinski definition) is 5. The van der Waals surface area contributed by atoms with Crippen LogP contribution in [0.2, 0.25) is 0 Å². The normalized spacial score (nSPS) is 16.3. The Morgan fingerprint density at radius 2 is 1.74 bits per heavy atom. The summed E-state index contributed by atoms with van der Waals surface area (Å²) in [5, 5.41) is 2.77. The second-order valence-corrected chi connectivity index (χ2v) is 7.95. The van der Waals surface area contributed by atoms with Crippen molar-refractivity contribution < 1.29 is 18.8 Å². The minimum Gasteiger partial charge on any atom is -0.459 e. The summed E-state index contributed by atoms with van der Waals surface area (Å²) in [6.45, 7) is 1.02. The SMILES string of the molecule is CNC(=O)[C@H](Cc1ccccc1)N1CCc2c(oc3c2C(=O)C(=O)c2ccccc2-3)C1. The summed E-state index contributed by atoms with van der Waals surface area (Å²) >= 11 is 0. The van der Waals surface area contributed by atoms with Gasteiger partial charge in [-0.15, -0.1) is 0 Å². The highest BCUT2D eigenvalue weighted by atomic mass is 16.3. The topological polar surface area (TPSA) is 79.6 Å². The highest BCUT2D eigenvalue weighted by molar-refractivity contribution is 6.53. The van der Waals surface area contributed by atoms with Crippen LogP contribution in [-0.4, -0.2) is 42.0 Å². The van der Waals surface area contributed by atoms with Gasteiger partial charge in [-0.3, -0.25) is 19.3 Å². The van der Waals surface area contributed by atoms with E-state index < -0.39 is 11.6 Å². The molecule has 0 spiro atoms. The third-order valence-corrected chi connectivity index (χ3v) is 6.20. The monoisotopic (exact) mass is 414 g/mol. The number of hydrogen-bond donors (Lipinski definition) is 1. The lowest BCUT2D eigenvalue weighted by Gasteiger charge is -2.33. The molecule has 0 unspecified atom stereocenters. The molecule has 5 rings (SSSR count). The van der Waals surface area contributed by atoms with E-state index in [1.54, 1.807) is 19.2 Å². The van der Waals surface area contributed by atoms with E-state index in [1.807, 2.05) is 42.5 Å². The predicted octanol–water partition coefficient (Wildman–Crippen LogP) is 3.04. The minimum absolute atomic E-state index is 0.0553. The Morgan fingerprint density at radius 3 is 2.48 bits per heavy atom. The fourth-order valence-corrected chi connectivity index (χ4v) is 4.63. The lowest BCUT2D eigenvalue weighted by Crippen LogP contribution is -2.49. The summed E-state index contributed by atoms with van der Waals surface area (Å²) < 4.78 is 6.17. The third kappa shape index (κ3) is 3.20. The van der Waals surface area contributed by atoms with Crippen molar-refractivity contribution in [2.75, 3.05) is 13.6 Å². The van der Waals surface area contributed by atoms with Crippen molar-refractivity contribution in [2.45, 2.75) is 25.4 Å². The Hall–Kier alpha value is -3.51. The molecule has 1 aliphatic heterocycles. The van der Waals surface area contributed by atoms with E-state index >= 15 is 0 Å². The highest BCUT2D eigenvalue weighted by Gasteiger charge is 2.40. The summed E-state index contributed by atoms with van der Waals surface area (Å²) in [4.78, 5) is 40.2. The van der Waals surface area contributed by atoms with Crippen LogP contribution in [0.15, 0.2) is 59.0 Å². The van der Waals surface area contributed by atoms with Gasteiger partial charge in [0.2, 0.25) is 17.5 Å². The van der Waals surface area contributed by atoms with E-state index in [9.17, 15) is 14.4 Å². The highest BCUT2D eigenvalue weighted by Crippen LogP contribution is 2.40. The third-order valence-electron chi connectivity index (χ3n) is 6.20. The smallest absolute Gasteiger partial charge is 0.237 e. The van der Waals surface area contributed by atoms with Crippen LogP contribution in [0.25, 0.3) is 11.3 Å². The molecule has 6 heteroatoms. The molecule has 3 aromatic rings. The lowest BCUT2D eigenvalue weighted by molar-refractivity contribution is -0.126.